The average molecular weight is 220 g/mol. The Morgan fingerprint density at radius 2 is 2.06 bits per heavy atom. The van der Waals surface area contributed by atoms with E-state index in [0.717, 1.165) is 0 Å². The van der Waals surface area contributed by atoms with Crippen LogP contribution in [0.15, 0.2) is 18.2 Å². The molecule has 2 rings (SSSR count). The van der Waals surface area contributed by atoms with Crippen molar-refractivity contribution in [2.45, 2.75) is 32.3 Å². The summed E-state index contributed by atoms with van der Waals surface area (Å²) in [4.78, 5) is 12.0. The first kappa shape index (κ1) is 10.8. The fourth-order valence-corrected chi connectivity index (χ4v) is 1.97. The number of anilines is 2. The molecule has 1 aromatic rings. The minimum absolute atomic E-state index is 0.108. The third-order valence-electron chi connectivity index (χ3n) is 3.16. The van der Waals surface area contributed by atoms with Crippen molar-refractivity contribution >= 4 is 17.3 Å². The first-order valence-corrected chi connectivity index (χ1v) is 5.52. The van der Waals surface area contributed by atoms with E-state index in [1.807, 2.05) is 26.0 Å². The fourth-order valence-electron chi connectivity index (χ4n) is 1.97. The average Bonchev–Trinajstić information content (AvgIpc) is 2.30. The molecule has 1 amide bonds. The van der Waals surface area contributed by atoms with Crippen molar-refractivity contribution in [3.63, 3.8) is 0 Å². The van der Waals surface area contributed by atoms with Gasteiger partial charge < -0.3 is 15.8 Å². The van der Waals surface area contributed by atoms with Gasteiger partial charge in [0.1, 0.15) is 11.4 Å². The molecule has 4 heteroatoms. The molecule has 0 bridgehead atoms. The van der Waals surface area contributed by atoms with Crippen LogP contribution in [-0.2, 0) is 4.79 Å². The molecule has 3 N–H and O–H groups in total. The zero-order valence-corrected chi connectivity index (χ0v) is 9.54. The number of nitrogen functional groups attached to an aromatic ring is 1. The molecule has 0 fully saturated rings. The van der Waals surface area contributed by atoms with Gasteiger partial charge in [0, 0.05) is 0 Å². The van der Waals surface area contributed by atoms with Gasteiger partial charge in [-0.25, -0.2) is 0 Å². The number of hydrogen-bond acceptors (Lipinski definition) is 3. The van der Waals surface area contributed by atoms with Gasteiger partial charge in [-0.15, -0.1) is 0 Å². The molecule has 0 atom stereocenters. The third-order valence-corrected chi connectivity index (χ3v) is 3.16. The predicted molar refractivity (Wildman–Crippen MR) is 63.4 cm³/mol. The number of rotatable bonds is 2. The number of fused-ring (bicyclic) bond motifs is 1. The quantitative estimate of drug-likeness (QED) is 0.751. The van der Waals surface area contributed by atoms with E-state index >= 15 is 0 Å². The van der Waals surface area contributed by atoms with Crippen molar-refractivity contribution in [3.8, 4) is 5.75 Å². The Hall–Kier alpha value is -1.71. The van der Waals surface area contributed by atoms with Crippen LogP contribution < -0.4 is 15.8 Å². The lowest BCUT2D eigenvalue weighted by Gasteiger charge is -2.36. The van der Waals surface area contributed by atoms with Crippen LogP contribution in [0.3, 0.4) is 0 Å². The van der Waals surface area contributed by atoms with Crippen molar-refractivity contribution in [2.24, 2.45) is 0 Å². The van der Waals surface area contributed by atoms with Gasteiger partial charge in [0.05, 0.1) is 5.69 Å². The minimum atomic E-state index is -0.749. The van der Waals surface area contributed by atoms with Crippen molar-refractivity contribution < 1.29 is 9.53 Å². The highest BCUT2D eigenvalue weighted by molar-refractivity contribution is 6.03. The summed E-state index contributed by atoms with van der Waals surface area (Å²) in [5, 5.41) is 2.83. The van der Waals surface area contributed by atoms with Gasteiger partial charge in [0.15, 0.2) is 5.60 Å². The fraction of sp³-hybridized carbons (Fsp3) is 0.417. The largest absolute Gasteiger partial charge is 0.475 e. The first-order chi connectivity index (χ1) is 7.63. The summed E-state index contributed by atoms with van der Waals surface area (Å²) < 4.78 is 5.82. The van der Waals surface area contributed by atoms with Crippen LogP contribution in [0.1, 0.15) is 26.7 Å². The van der Waals surface area contributed by atoms with Crippen LogP contribution in [0.4, 0.5) is 11.4 Å². The zero-order chi connectivity index (χ0) is 11.8. The second kappa shape index (κ2) is 3.70. The number of ether oxygens (including phenoxy) is 1. The second-order valence-corrected chi connectivity index (χ2v) is 3.98. The van der Waals surface area contributed by atoms with E-state index in [0.29, 0.717) is 30.0 Å². The molecule has 1 aromatic carbocycles. The highest BCUT2D eigenvalue weighted by Gasteiger charge is 2.41. The molecule has 1 aliphatic heterocycles. The van der Waals surface area contributed by atoms with Gasteiger partial charge in [-0.3, -0.25) is 4.79 Å². The number of benzene rings is 1. The third kappa shape index (κ3) is 1.41. The highest BCUT2D eigenvalue weighted by atomic mass is 16.5. The van der Waals surface area contributed by atoms with Crippen LogP contribution in [0.25, 0.3) is 0 Å². The van der Waals surface area contributed by atoms with Crippen molar-refractivity contribution in [3.05, 3.63) is 18.2 Å². The van der Waals surface area contributed by atoms with Gasteiger partial charge in [-0.1, -0.05) is 19.9 Å². The molecule has 0 unspecified atom stereocenters. The van der Waals surface area contributed by atoms with E-state index in [1.165, 1.54) is 0 Å². The second-order valence-electron chi connectivity index (χ2n) is 3.98. The lowest BCUT2D eigenvalue weighted by molar-refractivity contribution is -0.133. The maximum absolute atomic E-state index is 12.0. The molecule has 0 saturated carbocycles. The SMILES string of the molecule is CCC1(CC)Oc2cccc(N)c2NC1=O. The normalized spacial score (nSPS) is 17.2. The number of hydrogen-bond donors (Lipinski definition) is 2. The smallest absolute Gasteiger partial charge is 0.268 e. The molecule has 1 aliphatic rings. The molecule has 0 spiro atoms. The van der Waals surface area contributed by atoms with Crippen LogP contribution >= 0.6 is 0 Å². The molecule has 4 nitrogen and oxygen atoms in total. The van der Waals surface area contributed by atoms with E-state index < -0.39 is 5.60 Å². The monoisotopic (exact) mass is 220 g/mol. The van der Waals surface area contributed by atoms with Crippen LogP contribution in [-0.4, -0.2) is 11.5 Å². The van der Waals surface area contributed by atoms with Crippen LogP contribution in [0, 0.1) is 0 Å². The van der Waals surface area contributed by atoms with Gasteiger partial charge in [-0.2, -0.15) is 0 Å². The number of nitrogens with one attached hydrogen (secondary N) is 1. The molecule has 0 radical (unpaired) electrons. The maximum Gasteiger partial charge on any atom is 0.268 e. The minimum Gasteiger partial charge on any atom is -0.475 e. The topological polar surface area (TPSA) is 64.3 Å². The Morgan fingerprint density at radius 1 is 1.38 bits per heavy atom. The summed E-state index contributed by atoms with van der Waals surface area (Å²) >= 11 is 0. The van der Waals surface area contributed by atoms with E-state index in [-0.39, 0.29) is 5.91 Å². The number of nitrogens with two attached hydrogens (primary N) is 1. The van der Waals surface area contributed by atoms with E-state index in [1.54, 1.807) is 6.07 Å². The number of carbonyl (C=O) groups is 1. The Morgan fingerprint density at radius 3 is 2.69 bits per heavy atom. The molecule has 86 valence electrons. The molecular formula is C12H16N2O2. The molecule has 0 aromatic heterocycles. The van der Waals surface area contributed by atoms with E-state index in [9.17, 15) is 4.79 Å². The summed E-state index contributed by atoms with van der Waals surface area (Å²) in [6.07, 6.45) is 1.28. The Bertz CT molecular complexity index is 425. The molecule has 16 heavy (non-hydrogen) atoms. The summed E-state index contributed by atoms with van der Waals surface area (Å²) in [5.41, 5.74) is 6.15. The standard InChI is InChI=1S/C12H16N2O2/c1-3-12(4-2)11(15)14-10-8(13)6-5-7-9(10)16-12/h5-7H,3-4,13H2,1-2H3,(H,14,15). The molecule has 0 aliphatic carbocycles. The van der Waals surface area contributed by atoms with Crippen molar-refractivity contribution in [1.29, 1.82) is 0 Å². The summed E-state index contributed by atoms with van der Waals surface area (Å²) in [5.74, 6) is 0.547. The van der Waals surface area contributed by atoms with E-state index in [2.05, 4.69) is 5.32 Å². The number of amides is 1. The lowest BCUT2D eigenvalue weighted by Crippen LogP contribution is -2.50. The summed E-state index contributed by atoms with van der Waals surface area (Å²) in [7, 11) is 0. The number of para-hydroxylation sites is 1. The van der Waals surface area contributed by atoms with E-state index in [4.69, 9.17) is 10.5 Å². The first-order valence-electron chi connectivity index (χ1n) is 5.52. The molecule has 1 heterocycles. The van der Waals surface area contributed by atoms with Gasteiger partial charge >= 0.3 is 0 Å². The Kier molecular flexibility index (Phi) is 2.50. The zero-order valence-electron chi connectivity index (χ0n) is 9.54. The van der Waals surface area contributed by atoms with Gasteiger partial charge in [0.2, 0.25) is 0 Å². The van der Waals surface area contributed by atoms with Crippen molar-refractivity contribution in [1.82, 2.24) is 0 Å². The van der Waals surface area contributed by atoms with Crippen LogP contribution in [0.5, 0.6) is 5.75 Å². The predicted octanol–water partition coefficient (Wildman–Crippen LogP) is 2.16. The molecular weight excluding hydrogens is 204 g/mol. The lowest BCUT2D eigenvalue weighted by atomic mass is 9.94. The van der Waals surface area contributed by atoms with Gasteiger partial charge in [-0.05, 0) is 25.0 Å². The molecule has 0 saturated heterocycles. The van der Waals surface area contributed by atoms with Crippen molar-refractivity contribution in [2.75, 3.05) is 11.1 Å². The number of carbonyl (C=O) groups excluding carboxylic acids is 1. The Labute approximate surface area is 94.8 Å². The maximum atomic E-state index is 12.0. The Balaban J connectivity index is 2.46. The summed E-state index contributed by atoms with van der Waals surface area (Å²) in [6, 6.07) is 5.39. The highest BCUT2D eigenvalue weighted by Crippen LogP contribution is 2.39. The van der Waals surface area contributed by atoms with Crippen LogP contribution in [0.2, 0.25) is 0 Å². The van der Waals surface area contributed by atoms with Gasteiger partial charge in [0.25, 0.3) is 5.91 Å². The summed E-state index contributed by atoms with van der Waals surface area (Å²) in [6.45, 7) is 3.89.